The van der Waals surface area contributed by atoms with Crippen LogP contribution in [-0.2, 0) is 0 Å². The first-order chi connectivity index (χ1) is 8.92. The van der Waals surface area contributed by atoms with E-state index in [1.54, 1.807) is 0 Å². The zero-order valence-corrected chi connectivity index (χ0v) is 12.5. The van der Waals surface area contributed by atoms with Crippen molar-refractivity contribution in [2.75, 3.05) is 6.54 Å². The van der Waals surface area contributed by atoms with Gasteiger partial charge in [-0.1, -0.05) is 45.6 Å². The van der Waals surface area contributed by atoms with Gasteiger partial charge < -0.3 is 15.9 Å². The molecule has 4 unspecified atom stereocenters. The van der Waals surface area contributed by atoms with Crippen LogP contribution in [0.3, 0.4) is 0 Å². The fourth-order valence-electron chi connectivity index (χ4n) is 1.97. The van der Waals surface area contributed by atoms with E-state index in [1.165, 1.54) is 0 Å². The minimum absolute atomic E-state index is 0.169. The predicted molar refractivity (Wildman–Crippen MR) is 80.5 cm³/mol. The maximum Gasteiger partial charge on any atom is 0.115 e. The molecule has 110 valence electrons. The van der Waals surface area contributed by atoms with E-state index in [2.05, 4.69) is 25.3 Å². The third-order valence-corrected chi connectivity index (χ3v) is 3.51. The van der Waals surface area contributed by atoms with Gasteiger partial charge in [-0.2, -0.15) is 0 Å². The minimum atomic E-state index is -0.558. The fraction of sp³-hybridized carbons (Fsp3) is 0.750. The van der Waals surface area contributed by atoms with Gasteiger partial charge >= 0.3 is 0 Å². The number of allylic oxidation sites excluding steroid dienone is 1. The molecule has 0 spiro atoms. The molecule has 0 aliphatic carbocycles. The van der Waals surface area contributed by atoms with Crippen LogP contribution < -0.4 is 5.73 Å². The van der Waals surface area contributed by atoms with Crippen molar-refractivity contribution >= 4 is 0 Å². The fourth-order valence-corrected chi connectivity index (χ4v) is 1.97. The van der Waals surface area contributed by atoms with Crippen LogP contribution in [0.25, 0.3) is 0 Å². The summed E-state index contributed by atoms with van der Waals surface area (Å²) in [6.07, 6.45) is 2.06. The summed E-state index contributed by atoms with van der Waals surface area (Å²) in [4.78, 5) is 0. The van der Waals surface area contributed by atoms with E-state index in [9.17, 15) is 10.2 Å². The largest absolute Gasteiger partial charge is 0.393 e. The lowest BCUT2D eigenvalue weighted by atomic mass is 9.85. The third-order valence-electron chi connectivity index (χ3n) is 3.51. The topological polar surface area (TPSA) is 66.5 Å². The van der Waals surface area contributed by atoms with Crippen molar-refractivity contribution in [3.05, 3.63) is 12.2 Å². The number of aliphatic hydroxyl groups is 2. The van der Waals surface area contributed by atoms with Gasteiger partial charge in [0.25, 0.3) is 0 Å². The van der Waals surface area contributed by atoms with Crippen molar-refractivity contribution in [1.29, 1.82) is 0 Å². The Kier molecular flexibility index (Phi) is 9.59. The van der Waals surface area contributed by atoms with E-state index >= 15 is 0 Å². The summed E-state index contributed by atoms with van der Waals surface area (Å²) in [7, 11) is 0. The van der Waals surface area contributed by atoms with Gasteiger partial charge in [0.15, 0.2) is 0 Å². The van der Waals surface area contributed by atoms with Crippen molar-refractivity contribution in [2.45, 2.75) is 58.7 Å². The predicted octanol–water partition coefficient (Wildman–Crippen LogP) is 2.08. The monoisotopic (exact) mass is 267 g/mol. The second-order valence-corrected chi connectivity index (χ2v) is 5.36. The molecule has 0 rings (SSSR count). The van der Waals surface area contributed by atoms with E-state index in [4.69, 9.17) is 5.73 Å². The van der Waals surface area contributed by atoms with Crippen LogP contribution in [0.2, 0.25) is 0 Å². The van der Waals surface area contributed by atoms with Crippen molar-refractivity contribution in [2.24, 2.45) is 17.6 Å². The van der Waals surface area contributed by atoms with E-state index in [0.717, 1.165) is 18.4 Å². The zero-order chi connectivity index (χ0) is 14.8. The first kappa shape index (κ1) is 18.2. The van der Waals surface area contributed by atoms with Crippen LogP contribution in [-0.4, -0.2) is 29.0 Å². The Morgan fingerprint density at radius 3 is 2.42 bits per heavy atom. The third kappa shape index (κ3) is 8.05. The number of hydrogen-bond donors (Lipinski definition) is 3. The Balaban J connectivity index is 4.24. The molecule has 0 aromatic rings. The van der Waals surface area contributed by atoms with Crippen molar-refractivity contribution in [3.8, 4) is 11.8 Å². The number of rotatable bonds is 8. The SMILES string of the molecule is C=C(C#CC(O)CCC)CC(C)C(C)C(O)CCN. The Bertz CT molecular complexity index is 316. The Morgan fingerprint density at radius 2 is 1.89 bits per heavy atom. The summed E-state index contributed by atoms with van der Waals surface area (Å²) in [5.74, 6) is 6.20. The molecule has 0 saturated heterocycles. The van der Waals surface area contributed by atoms with Crippen LogP contribution in [0.4, 0.5) is 0 Å². The number of aliphatic hydroxyl groups excluding tert-OH is 2. The first-order valence-electron chi connectivity index (χ1n) is 7.17. The van der Waals surface area contributed by atoms with Crippen molar-refractivity contribution in [3.63, 3.8) is 0 Å². The summed E-state index contributed by atoms with van der Waals surface area (Å²) in [6, 6.07) is 0. The molecule has 3 heteroatoms. The van der Waals surface area contributed by atoms with Gasteiger partial charge in [-0.25, -0.2) is 0 Å². The smallest absolute Gasteiger partial charge is 0.115 e. The molecule has 0 radical (unpaired) electrons. The minimum Gasteiger partial charge on any atom is -0.393 e. The van der Waals surface area contributed by atoms with Gasteiger partial charge in [0, 0.05) is 0 Å². The molecule has 4 atom stereocenters. The second kappa shape index (κ2) is 10.0. The maximum absolute atomic E-state index is 9.90. The van der Waals surface area contributed by atoms with Crippen LogP contribution in [0, 0.1) is 23.7 Å². The lowest BCUT2D eigenvalue weighted by Gasteiger charge is -2.24. The number of hydrogen-bond acceptors (Lipinski definition) is 3. The molecule has 0 heterocycles. The normalized spacial score (nSPS) is 16.9. The highest BCUT2D eigenvalue weighted by Crippen LogP contribution is 2.23. The van der Waals surface area contributed by atoms with Gasteiger partial charge in [-0.05, 0) is 43.2 Å². The molecule has 19 heavy (non-hydrogen) atoms. The summed E-state index contributed by atoms with van der Waals surface area (Å²) >= 11 is 0. The Labute approximate surface area is 117 Å². The van der Waals surface area contributed by atoms with E-state index in [-0.39, 0.29) is 12.0 Å². The molecular weight excluding hydrogens is 238 g/mol. The molecule has 3 nitrogen and oxygen atoms in total. The van der Waals surface area contributed by atoms with Gasteiger partial charge in [-0.15, -0.1) is 0 Å². The average Bonchev–Trinajstić information content (AvgIpc) is 2.36. The zero-order valence-electron chi connectivity index (χ0n) is 12.5. The highest BCUT2D eigenvalue weighted by molar-refractivity contribution is 5.27. The van der Waals surface area contributed by atoms with Crippen LogP contribution >= 0.6 is 0 Å². The van der Waals surface area contributed by atoms with Crippen LogP contribution in [0.5, 0.6) is 0 Å². The summed E-state index contributed by atoms with van der Waals surface area (Å²) in [5.41, 5.74) is 6.26. The Morgan fingerprint density at radius 1 is 1.26 bits per heavy atom. The van der Waals surface area contributed by atoms with E-state index in [0.29, 0.717) is 25.3 Å². The quantitative estimate of drug-likeness (QED) is 0.590. The standard InChI is InChI=1S/C16H29NO2/c1-5-6-15(18)8-7-12(2)11-13(3)14(4)16(19)9-10-17/h13-16,18-19H,2,5-6,9-11,17H2,1,3-4H3. The summed E-state index contributed by atoms with van der Waals surface area (Å²) in [6.45, 7) is 10.6. The highest BCUT2D eigenvalue weighted by Gasteiger charge is 2.20. The van der Waals surface area contributed by atoms with Gasteiger partial charge in [0.2, 0.25) is 0 Å². The van der Waals surface area contributed by atoms with Gasteiger partial charge in [0.05, 0.1) is 6.10 Å². The average molecular weight is 267 g/mol. The molecular formula is C16H29NO2. The molecule has 0 amide bonds. The van der Waals surface area contributed by atoms with Crippen molar-refractivity contribution in [1.82, 2.24) is 0 Å². The second-order valence-electron chi connectivity index (χ2n) is 5.36. The summed E-state index contributed by atoms with van der Waals surface area (Å²) in [5, 5.41) is 19.4. The van der Waals surface area contributed by atoms with E-state index in [1.807, 2.05) is 13.8 Å². The molecule has 0 bridgehead atoms. The van der Waals surface area contributed by atoms with Gasteiger partial charge in [-0.3, -0.25) is 0 Å². The molecule has 0 fully saturated rings. The lowest BCUT2D eigenvalue weighted by Crippen LogP contribution is -2.26. The lowest BCUT2D eigenvalue weighted by molar-refractivity contribution is 0.0818. The van der Waals surface area contributed by atoms with Gasteiger partial charge in [0.1, 0.15) is 6.10 Å². The summed E-state index contributed by atoms with van der Waals surface area (Å²) < 4.78 is 0. The molecule has 0 saturated carbocycles. The Hall–Kier alpha value is -0.820. The maximum atomic E-state index is 9.90. The molecule has 0 aromatic carbocycles. The van der Waals surface area contributed by atoms with Crippen LogP contribution in [0.15, 0.2) is 12.2 Å². The molecule has 0 aliphatic rings. The highest BCUT2D eigenvalue weighted by atomic mass is 16.3. The van der Waals surface area contributed by atoms with Crippen LogP contribution in [0.1, 0.15) is 46.5 Å². The van der Waals surface area contributed by atoms with E-state index < -0.39 is 6.10 Å². The molecule has 4 N–H and O–H groups in total. The number of nitrogens with two attached hydrogens (primary N) is 1. The molecule has 0 aromatic heterocycles. The molecule has 0 aliphatic heterocycles. The van der Waals surface area contributed by atoms with Crippen molar-refractivity contribution < 1.29 is 10.2 Å². The first-order valence-corrected chi connectivity index (χ1v) is 7.17.